The molecule has 0 saturated carbocycles. The summed E-state index contributed by atoms with van der Waals surface area (Å²) in [6.45, 7) is 1.19. The lowest BCUT2D eigenvalue weighted by molar-refractivity contribution is -0.175. The molecule has 3 N–H and O–H groups in total. The first-order valence-electron chi connectivity index (χ1n) is 3.09. The highest BCUT2D eigenvalue weighted by Gasteiger charge is 2.52. The molecule has 0 aliphatic carbocycles. The molecule has 0 bridgehead atoms. The van der Waals surface area contributed by atoms with Crippen molar-refractivity contribution in [2.24, 2.45) is 5.41 Å². The van der Waals surface area contributed by atoms with E-state index in [1.165, 1.54) is 6.92 Å². The lowest BCUT2D eigenvalue weighted by atomic mass is 9.85. The van der Waals surface area contributed by atoms with Gasteiger partial charge < -0.3 is 15.3 Å². The summed E-state index contributed by atoms with van der Waals surface area (Å²) in [6.07, 6.45) is -0.493. The van der Waals surface area contributed by atoms with Gasteiger partial charge in [0.1, 0.15) is 0 Å². The number of carbonyl (C=O) groups is 3. The summed E-state index contributed by atoms with van der Waals surface area (Å²) in [5.41, 5.74) is -2.71. The van der Waals surface area contributed by atoms with Gasteiger partial charge >= 0.3 is 17.9 Å². The zero-order valence-electron chi connectivity index (χ0n) is 6.68. The van der Waals surface area contributed by atoms with E-state index in [1.54, 1.807) is 0 Å². The monoisotopic (exact) mass is 212 g/mol. The number of hydrogen-bond acceptors (Lipinski definition) is 3. The van der Waals surface area contributed by atoms with Crippen LogP contribution in [0, 0.1) is 5.41 Å². The van der Waals surface area contributed by atoms with E-state index in [2.05, 4.69) is 0 Å². The van der Waals surface area contributed by atoms with E-state index in [0.29, 0.717) is 0 Å². The Bertz CT molecular complexity index is 199. The summed E-state index contributed by atoms with van der Waals surface area (Å²) in [5.74, 6) is -5.57. The maximum atomic E-state index is 10.4. The molecule has 0 fully saturated rings. The van der Waals surface area contributed by atoms with Crippen LogP contribution in [0.25, 0.3) is 0 Å². The maximum Gasteiger partial charge on any atom is 0.332 e. The number of carboxylic acid groups (broad SMARTS) is 3. The van der Waals surface area contributed by atoms with Crippen molar-refractivity contribution in [3.05, 3.63) is 0 Å². The third-order valence-corrected chi connectivity index (χ3v) is 1.63. The summed E-state index contributed by atoms with van der Waals surface area (Å²) in [7, 11) is 0. The Morgan fingerprint density at radius 1 is 1.00 bits per heavy atom. The molecule has 0 atom stereocenters. The largest absolute Gasteiger partial charge is 0.480 e. The predicted molar refractivity (Wildman–Crippen MR) is 42.9 cm³/mol. The standard InChI is InChI=1S/C6H8O6.ClH/c1-2-6(3(7)8,4(9)10)5(11)12;/h2H2,1H3,(H,7,8)(H,9,10)(H,11,12);1H. The molecule has 6 nitrogen and oxygen atoms in total. The number of hydrogen-bond donors (Lipinski definition) is 3. The van der Waals surface area contributed by atoms with Gasteiger partial charge in [-0.25, -0.2) is 0 Å². The fraction of sp³-hybridized carbons (Fsp3) is 0.500. The maximum absolute atomic E-state index is 10.4. The quantitative estimate of drug-likeness (QED) is 0.568. The number of rotatable bonds is 4. The van der Waals surface area contributed by atoms with Gasteiger partial charge in [0.15, 0.2) is 0 Å². The zero-order chi connectivity index (χ0) is 9.94. The molecule has 0 aliphatic heterocycles. The summed E-state index contributed by atoms with van der Waals surface area (Å²) in [6, 6.07) is 0. The smallest absolute Gasteiger partial charge is 0.332 e. The molecule has 0 aromatic heterocycles. The van der Waals surface area contributed by atoms with E-state index in [0.717, 1.165) is 0 Å². The van der Waals surface area contributed by atoms with Gasteiger partial charge in [-0.15, -0.1) is 12.4 Å². The van der Waals surface area contributed by atoms with E-state index in [1.807, 2.05) is 0 Å². The van der Waals surface area contributed by atoms with Crippen LogP contribution in [-0.4, -0.2) is 33.2 Å². The summed E-state index contributed by atoms with van der Waals surface area (Å²) in [4.78, 5) is 31.1. The van der Waals surface area contributed by atoms with Crippen molar-refractivity contribution in [1.29, 1.82) is 0 Å². The Hall–Kier alpha value is -1.30. The van der Waals surface area contributed by atoms with Gasteiger partial charge in [-0.05, 0) is 6.42 Å². The second-order valence-corrected chi connectivity index (χ2v) is 2.17. The normalized spacial score (nSPS) is 9.92. The topological polar surface area (TPSA) is 112 Å². The van der Waals surface area contributed by atoms with Crippen LogP contribution in [0.15, 0.2) is 0 Å². The lowest BCUT2D eigenvalue weighted by Gasteiger charge is -2.16. The SMILES string of the molecule is CCC(C(=O)O)(C(=O)O)C(=O)O.Cl. The molecule has 0 unspecified atom stereocenters. The molecule has 76 valence electrons. The number of aliphatic carboxylic acids is 3. The molecule has 0 radical (unpaired) electrons. The first-order chi connectivity index (χ1) is 5.39. The first kappa shape index (κ1) is 14.2. The molecule has 0 amide bonds. The van der Waals surface area contributed by atoms with Gasteiger partial charge in [-0.2, -0.15) is 0 Å². The highest BCUT2D eigenvalue weighted by molar-refractivity contribution is 6.16. The van der Waals surface area contributed by atoms with Crippen LogP contribution in [0.3, 0.4) is 0 Å². The van der Waals surface area contributed by atoms with Crippen LogP contribution >= 0.6 is 12.4 Å². The Labute approximate surface area is 79.6 Å². The van der Waals surface area contributed by atoms with Crippen molar-refractivity contribution in [3.63, 3.8) is 0 Å². The third kappa shape index (κ3) is 2.09. The fourth-order valence-corrected chi connectivity index (χ4v) is 0.728. The highest BCUT2D eigenvalue weighted by atomic mass is 35.5. The molecular formula is C6H9ClO6. The van der Waals surface area contributed by atoms with Gasteiger partial charge in [0, 0.05) is 0 Å². The summed E-state index contributed by atoms with van der Waals surface area (Å²) >= 11 is 0. The molecule has 0 aromatic rings. The second-order valence-electron chi connectivity index (χ2n) is 2.17. The molecule has 0 aliphatic rings. The highest BCUT2D eigenvalue weighted by Crippen LogP contribution is 2.22. The Morgan fingerprint density at radius 2 is 1.23 bits per heavy atom. The minimum Gasteiger partial charge on any atom is -0.480 e. The molecular weight excluding hydrogens is 204 g/mol. The predicted octanol–water partition coefficient (Wildman–Crippen LogP) is 0.0584. The van der Waals surface area contributed by atoms with E-state index in [4.69, 9.17) is 15.3 Å². The number of halogens is 1. The van der Waals surface area contributed by atoms with Crippen LogP contribution in [0.4, 0.5) is 0 Å². The van der Waals surface area contributed by atoms with Crippen molar-refractivity contribution in [2.75, 3.05) is 0 Å². The molecule has 0 saturated heterocycles. The van der Waals surface area contributed by atoms with Crippen molar-refractivity contribution in [2.45, 2.75) is 13.3 Å². The zero-order valence-corrected chi connectivity index (χ0v) is 7.50. The van der Waals surface area contributed by atoms with E-state index < -0.39 is 29.7 Å². The Kier molecular flexibility index (Phi) is 5.10. The van der Waals surface area contributed by atoms with E-state index in [-0.39, 0.29) is 12.4 Å². The summed E-state index contributed by atoms with van der Waals surface area (Å²) < 4.78 is 0. The van der Waals surface area contributed by atoms with Gasteiger partial charge in [0.05, 0.1) is 0 Å². The van der Waals surface area contributed by atoms with Crippen LogP contribution in [0.1, 0.15) is 13.3 Å². The lowest BCUT2D eigenvalue weighted by Crippen LogP contribution is -2.45. The molecule has 13 heavy (non-hydrogen) atoms. The number of carboxylic acids is 3. The van der Waals surface area contributed by atoms with Crippen molar-refractivity contribution in [1.82, 2.24) is 0 Å². The summed E-state index contributed by atoms with van der Waals surface area (Å²) in [5, 5.41) is 25.2. The van der Waals surface area contributed by atoms with Gasteiger partial charge in [0.25, 0.3) is 5.41 Å². The second kappa shape index (κ2) is 4.66. The van der Waals surface area contributed by atoms with Crippen LogP contribution < -0.4 is 0 Å². The van der Waals surface area contributed by atoms with Crippen molar-refractivity contribution >= 4 is 30.3 Å². The van der Waals surface area contributed by atoms with Gasteiger partial charge in [-0.1, -0.05) is 6.92 Å². The first-order valence-corrected chi connectivity index (χ1v) is 3.09. The average molecular weight is 213 g/mol. The molecule has 0 aromatic carbocycles. The van der Waals surface area contributed by atoms with Crippen LogP contribution in [0.2, 0.25) is 0 Å². The van der Waals surface area contributed by atoms with Gasteiger partial charge in [0.2, 0.25) is 0 Å². The molecule has 0 spiro atoms. The Balaban J connectivity index is 0. The van der Waals surface area contributed by atoms with Gasteiger partial charge in [-0.3, -0.25) is 14.4 Å². The third-order valence-electron chi connectivity index (χ3n) is 1.63. The van der Waals surface area contributed by atoms with Crippen molar-refractivity contribution in [3.8, 4) is 0 Å². The van der Waals surface area contributed by atoms with Crippen LogP contribution in [-0.2, 0) is 14.4 Å². The minimum absolute atomic E-state index is 0. The van der Waals surface area contributed by atoms with E-state index in [9.17, 15) is 14.4 Å². The molecule has 0 heterocycles. The molecule has 7 heteroatoms. The van der Waals surface area contributed by atoms with E-state index >= 15 is 0 Å². The Morgan fingerprint density at radius 3 is 1.23 bits per heavy atom. The minimum atomic E-state index is -2.71. The average Bonchev–Trinajstić information content (AvgIpc) is 1.86. The fourth-order valence-electron chi connectivity index (χ4n) is 0.728. The van der Waals surface area contributed by atoms with Crippen molar-refractivity contribution < 1.29 is 29.7 Å². The molecule has 0 rings (SSSR count). The van der Waals surface area contributed by atoms with Crippen LogP contribution in [0.5, 0.6) is 0 Å².